The number of carbonyl (C=O) groups is 2. The molecular formula is C36H73NO8P+. The molecule has 0 radical (unpaired) electrons. The molecule has 0 rings (SSSR count). The Labute approximate surface area is 295 Å². The molecule has 0 aliphatic heterocycles. The van der Waals surface area contributed by atoms with Gasteiger partial charge in [-0.1, -0.05) is 142 Å². The van der Waals surface area contributed by atoms with Crippen molar-refractivity contribution in [3.63, 3.8) is 0 Å². The number of likely N-dealkylation sites (N-methyl/N-ethyl adjacent to an activating group) is 1. The quantitative estimate of drug-likeness (QED) is 0.0308. The predicted octanol–water partition coefficient (Wildman–Crippen LogP) is 9.68. The average molecular weight is 688 g/mol. The predicted molar refractivity (Wildman–Crippen MR) is 188 cm³/mol. The SMILES string of the molecule is [2H]C([2H])([2H])[N+](CCOP(=O)(O)OC[C@H](COC(=O)CCCCCCCCCCCCC)OC(=O)CCCCCCCCCCCCC)(C([2H])([2H])[2H])C([2H])([2H])[2H]. The summed E-state index contributed by atoms with van der Waals surface area (Å²) in [6, 6.07) is 0. The van der Waals surface area contributed by atoms with Crippen molar-refractivity contribution in [1.82, 2.24) is 0 Å². The highest BCUT2D eigenvalue weighted by Crippen LogP contribution is 2.43. The van der Waals surface area contributed by atoms with Gasteiger partial charge in [0.05, 0.1) is 39.9 Å². The second-order valence-electron chi connectivity index (χ2n) is 12.5. The summed E-state index contributed by atoms with van der Waals surface area (Å²) in [4.78, 5) is 35.5. The highest BCUT2D eigenvalue weighted by molar-refractivity contribution is 7.47. The number of hydrogen-bond acceptors (Lipinski definition) is 7. The molecule has 274 valence electrons. The second kappa shape index (κ2) is 30.1. The minimum absolute atomic E-state index is 0.0762. The van der Waals surface area contributed by atoms with Crippen LogP contribution in [-0.4, -0.2) is 74.7 Å². The minimum Gasteiger partial charge on any atom is -0.462 e. The molecule has 0 bridgehead atoms. The molecule has 0 aromatic carbocycles. The molecular weight excluding hydrogens is 605 g/mol. The summed E-state index contributed by atoms with van der Waals surface area (Å²) < 4.78 is 100.0. The zero-order valence-electron chi connectivity index (χ0n) is 38.1. The van der Waals surface area contributed by atoms with E-state index in [0.29, 0.717) is 12.8 Å². The van der Waals surface area contributed by atoms with Crippen molar-refractivity contribution < 1.29 is 54.4 Å². The summed E-state index contributed by atoms with van der Waals surface area (Å²) in [5, 5.41) is 0. The maximum Gasteiger partial charge on any atom is 0.472 e. The van der Waals surface area contributed by atoms with Gasteiger partial charge in [0, 0.05) is 12.8 Å². The number of nitrogens with zero attached hydrogens (tertiary/aromatic N) is 1. The maximum absolute atomic E-state index is 12.7. The first-order valence-electron chi connectivity index (χ1n) is 22.6. The summed E-state index contributed by atoms with van der Waals surface area (Å²) in [7, 11) is -5.06. The van der Waals surface area contributed by atoms with Crippen LogP contribution in [0.4, 0.5) is 0 Å². The molecule has 0 fully saturated rings. The topological polar surface area (TPSA) is 108 Å². The Morgan fingerprint density at radius 1 is 0.630 bits per heavy atom. The Hall–Kier alpha value is -0.990. The van der Waals surface area contributed by atoms with E-state index in [0.717, 1.165) is 44.9 Å². The maximum atomic E-state index is 12.7. The molecule has 0 amide bonds. The van der Waals surface area contributed by atoms with Crippen LogP contribution in [0.3, 0.4) is 0 Å². The van der Waals surface area contributed by atoms with Gasteiger partial charge in [0.2, 0.25) is 0 Å². The van der Waals surface area contributed by atoms with Gasteiger partial charge in [-0.3, -0.25) is 18.6 Å². The third-order valence-corrected chi connectivity index (χ3v) is 8.79. The fraction of sp³-hybridized carbons (Fsp3) is 0.944. The lowest BCUT2D eigenvalue weighted by atomic mass is 10.1. The van der Waals surface area contributed by atoms with E-state index in [1.165, 1.54) is 83.5 Å². The Morgan fingerprint density at radius 3 is 1.48 bits per heavy atom. The highest BCUT2D eigenvalue weighted by Gasteiger charge is 2.27. The summed E-state index contributed by atoms with van der Waals surface area (Å²) in [5.41, 5.74) is 0. The number of carbonyl (C=O) groups excluding carboxylic acids is 2. The standard InChI is InChI=1S/C36H72NO8P/c1-6-8-10-12-14-16-18-20-22-24-26-28-35(38)42-32-34(33-44-46(40,41)43-31-30-37(3,4)5)45-36(39)29-27-25-23-21-19-17-15-13-11-9-7-2/h34H,6-33H2,1-5H3/p+1/t34-/m0/s1/i3D3,4D3,5D3. The molecule has 0 saturated heterocycles. The molecule has 0 aromatic rings. The molecule has 0 aliphatic carbocycles. The number of esters is 2. The first-order chi connectivity index (χ1) is 25.7. The van der Waals surface area contributed by atoms with Crippen LogP contribution >= 0.6 is 7.82 Å². The van der Waals surface area contributed by atoms with Crippen LogP contribution in [0.1, 0.15) is 180 Å². The first kappa shape index (κ1) is 31.0. The number of hydrogen-bond donors (Lipinski definition) is 1. The Morgan fingerprint density at radius 2 is 1.04 bits per heavy atom. The van der Waals surface area contributed by atoms with Gasteiger partial charge in [-0.2, -0.15) is 0 Å². The third kappa shape index (κ3) is 32.9. The molecule has 1 unspecified atom stereocenters. The smallest absolute Gasteiger partial charge is 0.462 e. The van der Waals surface area contributed by atoms with Gasteiger partial charge < -0.3 is 18.9 Å². The van der Waals surface area contributed by atoms with Gasteiger partial charge in [0.25, 0.3) is 0 Å². The van der Waals surface area contributed by atoms with Crippen molar-refractivity contribution >= 4 is 19.8 Å². The molecule has 1 N–H and O–H groups in total. The van der Waals surface area contributed by atoms with Crippen molar-refractivity contribution in [2.75, 3.05) is 47.3 Å². The third-order valence-electron chi connectivity index (χ3n) is 7.80. The van der Waals surface area contributed by atoms with Crippen molar-refractivity contribution in [3.05, 3.63) is 0 Å². The first-order valence-corrected chi connectivity index (χ1v) is 19.6. The lowest BCUT2D eigenvalue weighted by molar-refractivity contribution is -0.870. The van der Waals surface area contributed by atoms with Crippen molar-refractivity contribution in [1.29, 1.82) is 0 Å². The van der Waals surface area contributed by atoms with Crippen LogP contribution < -0.4 is 0 Å². The number of phosphoric ester groups is 1. The van der Waals surface area contributed by atoms with E-state index in [1.54, 1.807) is 0 Å². The number of phosphoric acid groups is 1. The van der Waals surface area contributed by atoms with Crippen LogP contribution in [0.2, 0.25) is 0 Å². The molecule has 0 aromatic heterocycles. The van der Waals surface area contributed by atoms with Crippen molar-refractivity contribution in [2.45, 2.75) is 174 Å². The molecule has 10 heteroatoms. The molecule has 0 spiro atoms. The average Bonchev–Trinajstić information content (AvgIpc) is 3.07. The van der Waals surface area contributed by atoms with E-state index in [2.05, 4.69) is 13.8 Å². The number of unbranched alkanes of at least 4 members (excludes halogenated alkanes) is 20. The van der Waals surface area contributed by atoms with E-state index in [9.17, 15) is 19.0 Å². The van der Waals surface area contributed by atoms with Gasteiger partial charge >= 0.3 is 19.8 Å². The molecule has 2 atom stereocenters. The van der Waals surface area contributed by atoms with Crippen LogP contribution in [0.5, 0.6) is 0 Å². The van der Waals surface area contributed by atoms with Crippen molar-refractivity contribution in [2.24, 2.45) is 0 Å². The fourth-order valence-electron chi connectivity index (χ4n) is 4.99. The van der Waals surface area contributed by atoms with Gasteiger partial charge in [0.15, 0.2) is 6.10 Å². The summed E-state index contributed by atoms with van der Waals surface area (Å²) in [5.74, 6) is -1.14. The molecule has 9 nitrogen and oxygen atoms in total. The van der Waals surface area contributed by atoms with Crippen LogP contribution in [-0.2, 0) is 32.7 Å². The minimum atomic E-state index is -5.06. The Bertz CT molecular complexity index is 1030. The van der Waals surface area contributed by atoms with E-state index in [1.807, 2.05) is 0 Å². The summed E-state index contributed by atoms with van der Waals surface area (Å²) >= 11 is 0. The van der Waals surface area contributed by atoms with Gasteiger partial charge in [-0.15, -0.1) is 0 Å². The summed E-state index contributed by atoms with van der Waals surface area (Å²) in [6.07, 6.45) is 23.3. The fourth-order valence-corrected chi connectivity index (χ4v) is 5.74. The summed E-state index contributed by atoms with van der Waals surface area (Å²) in [6.45, 7) is -9.80. The lowest BCUT2D eigenvalue weighted by Crippen LogP contribution is -2.37. The van der Waals surface area contributed by atoms with E-state index >= 15 is 0 Å². The molecule has 46 heavy (non-hydrogen) atoms. The molecule has 0 saturated carbocycles. The number of ether oxygens (including phenoxy) is 2. The second-order valence-corrected chi connectivity index (χ2v) is 14.0. The van der Waals surface area contributed by atoms with Crippen LogP contribution in [0, 0.1) is 0 Å². The van der Waals surface area contributed by atoms with Crippen molar-refractivity contribution in [3.8, 4) is 0 Å². The van der Waals surface area contributed by atoms with Crippen LogP contribution in [0.25, 0.3) is 0 Å². The molecule has 0 heterocycles. The molecule has 0 aliphatic rings. The highest BCUT2D eigenvalue weighted by atomic mass is 31.2. The number of rotatable bonds is 34. The zero-order chi connectivity index (χ0) is 41.9. The van der Waals surface area contributed by atoms with E-state index in [4.69, 9.17) is 30.9 Å². The number of quaternary nitrogens is 1. The van der Waals surface area contributed by atoms with Gasteiger partial charge in [-0.25, -0.2) is 4.57 Å². The Balaban J connectivity index is 5.07. The van der Waals surface area contributed by atoms with E-state index in [-0.39, 0.29) is 12.8 Å². The monoisotopic (exact) mass is 688 g/mol. The van der Waals surface area contributed by atoms with Gasteiger partial charge in [0.1, 0.15) is 19.8 Å². The van der Waals surface area contributed by atoms with Crippen LogP contribution in [0.15, 0.2) is 0 Å². The Kier molecular flexibility index (Phi) is 20.3. The van der Waals surface area contributed by atoms with Gasteiger partial charge in [-0.05, 0) is 12.8 Å². The lowest BCUT2D eigenvalue weighted by Gasteiger charge is -2.24. The normalized spacial score (nSPS) is 17.5. The largest absolute Gasteiger partial charge is 0.472 e. The zero-order valence-corrected chi connectivity index (χ0v) is 30.0. The van der Waals surface area contributed by atoms with E-state index < -0.39 is 77.6 Å².